The Morgan fingerprint density at radius 3 is 1.36 bits per heavy atom. The molecule has 0 spiro atoms. The van der Waals surface area contributed by atoms with E-state index in [2.05, 4.69) is 13.8 Å². The van der Waals surface area contributed by atoms with Crippen LogP contribution >= 0.6 is 0 Å². The van der Waals surface area contributed by atoms with E-state index in [0.29, 0.717) is 11.8 Å². The highest BCUT2D eigenvalue weighted by molar-refractivity contribution is 5.68. The van der Waals surface area contributed by atoms with E-state index in [1.807, 2.05) is 0 Å². The van der Waals surface area contributed by atoms with E-state index in [1.54, 1.807) is 0 Å². The summed E-state index contributed by atoms with van der Waals surface area (Å²) in [7, 11) is 0. The van der Waals surface area contributed by atoms with Crippen molar-refractivity contribution in [1.82, 2.24) is 0 Å². The SMILES string of the molecule is CC(C)(C1CCC(OCC(=O)O)CC1)C1CCC(OCC(=O)O)CC1. The summed E-state index contributed by atoms with van der Waals surface area (Å²) >= 11 is 0. The smallest absolute Gasteiger partial charge is 0.329 e. The van der Waals surface area contributed by atoms with E-state index >= 15 is 0 Å². The Hall–Kier alpha value is -1.14. The standard InChI is InChI=1S/C19H32O6/c1-19(2,13-3-7-15(8-4-13)24-11-17(20)21)14-5-9-16(10-6-14)25-12-18(22)23/h13-16H,3-12H2,1-2H3,(H,20,21)(H,22,23). The molecule has 0 radical (unpaired) electrons. The molecule has 0 aliphatic heterocycles. The fourth-order valence-electron chi connectivity index (χ4n) is 4.66. The van der Waals surface area contributed by atoms with Gasteiger partial charge in [0.15, 0.2) is 0 Å². The molecular weight excluding hydrogens is 324 g/mol. The van der Waals surface area contributed by atoms with Crippen LogP contribution in [0.5, 0.6) is 0 Å². The van der Waals surface area contributed by atoms with Gasteiger partial charge in [0.2, 0.25) is 0 Å². The summed E-state index contributed by atoms with van der Waals surface area (Å²) in [5.74, 6) is -0.522. The monoisotopic (exact) mass is 356 g/mol. The maximum absolute atomic E-state index is 10.6. The van der Waals surface area contributed by atoms with Crippen LogP contribution in [0.15, 0.2) is 0 Å². The molecule has 0 amide bonds. The van der Waals surface area contributed by atoms with Gasteiger partial charge in [0.05, 0.1) is 12.2 Å². The fraction of sp³-hybridized carbons (Fsp3) is 0.895. The minimum Gasteiger partial charge on any atom is -0.480 e. The van der Waals surface area contributed by atoms with Crippen LogP contribution in [-0.2, 0) is 19.1 Å². The predicted octanol–water partition coefficient (Wildman–Crippen LogP) is 3.33. The van der Waals surface area contributed by atoms with Crippen molar-refractivity contribution in [3.8, 4) is 0 Å². The number of carbonyl (C=O) groups is 2. The van der Waals surface area contributed by atoms with Gasteiger partial charge in [-0.15, -0.1) is 0 Å². The van der Waals surface area contributed by atoms with E-state index in [9.17, 15) is 9.59 Å². The Kier molecular flexibility index (Phi) is 7.25. The molecule has 2 rings (SSSR count). The predicted molar refractivity (Wildman–Crippen MR) is 92.4 cm³/mol. The van der Waals surface area contributed by atoms with Crippen LogP contribution in [0.25, 0.3) is 0 Å². The van der Waals surface area contributed by atoms with Crippen LogP contribution in [0.4, 0.5) is 0 Å². The molecule has 2 aliphatic rings. The van der Waals surface area contributed by atoms with Crippen LogP contribution in [0.1, 0.15) is 65.2 Å². The quantitative estimate of drug-likeness (QED) is 0.693. The van der Waals surface area contributed by atoms with E-state index in [4.69, 9.17) is 19.7 Å². The average Bonchev–Trinajstić information content (AvgIpc) is 2.59. The minimum absolute atomic E-state index is 0.0864. The lowest BCUT2D eigenvalue weighted by molar-refractivity contribution is -0.145. The van der Waals surface area contributed by atoms with Crippen LogP contribution in [0.3, 0.4) is 0 Å². The molecule has 0 saturated heterocycles. The Morgan fingerprint density at radius 1 is 0.760 bits per heavy atom. The van der Waals surface area contributed by atoms with Gasteiger partial charge in [-0.05, 0) is 68.6 Å². The number of hydrogen-bond acceptors (Lipinski definition) is 4. The first-order chi connectivity index (χ1) is 11.8. The summed E-state index contributed by atoms with van der Waals surface area (Å²) in [4.78, 5) is 21.2. The van der Waals surface area contributed by atoms with Crippen molar-refractivity contribution in [2.75, 3.05) is 13.2 Å². The third-order valence-electron chi connectivity index (χ3n) is 6.34. The van der Waals surface area contributed by atoms with E-state index in [-0.39, 0.29) is 30.8 Å². The van der Waals surface area contributed by atoms with Crippen molar-refractivity contribution < 1.29 is 29.3 Å². The number of carboxylic acids is 2. The number of hydrogen-bond donors (Lipinski definition) is 2. The first-order valence-electron chi connectivity index (χ1n) is 9.45. The normalized spacial score (nSPS) is 30.8. The minimum atomic E-state index is -0.899. The molecule has 0 heterocycles. The summed E-state index contributed by atoms with van der Waals surface area (Å²) in [5.41, 5.74) is 0.246. The molecular formula is C19H32O6. The molecule has 0 atom stereocenters. The molecule has 0 aromatic carbocycles. The van der Waals surface area contributed by atoms with E-state index in [1.165, 1.54) is 0 Å². The molecule has 0 aromatic rings. The third-order valence-corrected chi connectivity index (χ3v) is 6.34. The average molecular weight is 356 g/mol. The van der Waals surface area contributed by atoms with Gasteiger partial charge >= 0.3 is 11.9 Å². The van der Waals surface area contributed by atoms with Crippen molar-refractivity contribution in [2.45, 2.75) is 77.4 Å². The van der Waals surface area contributed by atoms with Gasteiger partial charge in [0.25, 0.3) is 0 Å². The van der Waals surface area contributed by atoms with Gasteiger partial charge in [-0.3, -0.25) is 0 Å². The molecule has 2 aliphatic carbocycles. The molecule has 144 valence electrons. The largest absolute Gasteiger partial charge is 0.480 e. The number of carboxylic acid groups (broad SMARTS) is 2. The lowest BCUT2D eigenvalue weighted by Gasteiger charge is -2.46. The molecule has 2 saturated carbocycles. The van der Waals surface area contributed by atoms with Gasteiger partial charge < -0.3 is 19.7 Å². The highest BCUT2D eigenvalue weighted by Crippen LogP contribution is 2.48. The van der Waals surface area contributed by atoms with Crippen LogP contribution in [0, 0.1) is 17.3 Å². The van der Waals surface area contributed by atoms with Crippen molar-refractivity contribution in [1.29, 1.82) is 0 Å². The Morgan fingerprint density at radius 2 is 1.08 bits per heavy atom. The van der Waals surface area contributed by atoms with E-state index in [0.717, 1.165) is 51.4 Å². The fourth-order valence-corrected chi connectivity index (χ4v) is 4.66. The number of aliphatic carboxylic acids is 2. The molecule has 25 heavy (non-hydrogen) atoms. The van der Waals surface area contributed by atoms with Crippen molar-refractivity contribution in [2.24, 2.45) is 17.3 Å². The molecule has 0 unspecified atom stereocenters. The molecule has 6 nitrogen and oxygen atoms in total. The van der Waals surface area contributed by atoms with Gasteiger partial charge in [-0.25, -0.2) is 9.59 Å². The van der Waals surface area contributed by atoms with Gasteiger partial charge in [-0.2, -0.15) is 0 Å². The highest BCUT2D eigenvalue weighted by Gasteiger charge is 2.40. The highest BCUT2D eigenvalue weighted by atomic mass is 16.5. The van der Waals surface area contributed by atoms with Crippen LogP contribution in [0.2, 0.25) is 0 Å². The Labute approximate surface area is 149 Å². The summed E-state index contributed by atoms with van der Waals surface area (Å²) < 4.78 is 10.9. The first kappa shape index (κ1) is 20.2. The van der Waals surface area contributed by atoms with Crippen LogP contribution < -0.4 is 0 Å². The van der Waals surface area contributed by atoms with Gasteiger partial charge in [0, 0.05) is 0 Å². The van der Waals surface area contributed by atoms with Crippen molar-refractivity contribution in [3.05, 3.63) is 0 Å². The summed E-state index contributed by atoms with van der Waals surface area (Å²) in [6, 6.07) is 0. The summed E-state index contributed by atoms with van der Waals surface area (Å²) in [6.07, 6.45) is 8.30. The van der Waals surface area contributed by atoms with Gasteiger partial charge in [-0.1, -0.05) is 13.8 Å². The lowest BCUT2D eigenvalue weighted by atomic mass is 9.60. The third kappa shape index (κ3) is 5.96. The lowest BCUT2D eigenvalue weighted by Crippen LogP contribution is -2.39. The Bertz CT molecular complexity index is 405. The second-order valence-corrected chi connectivity index (χ2v) is 8.18. The van der Waals surface area contributed by atoms with Crippen molar-refractivity contribution in [3.63, 3.8) is 0 Å². The Balaban J connectivity index is 1.76. The second-order valence-electron chi connectivity index (χ2n) is 8.18. The molecule has 0 aromatic heterocycles. The first-order valence-corrected chi connectivity index (χ1v) is 9.45. The van der Waals surface area contributed by atoms with E-state index < -0.39 is 11.9 Å². The molecule has 6 heteroatoms. The number of rotatable bonds is 8. The zero-order valence-corrected chi connectivity index (χ0v) is 15.4. The summed E-state index contributed by atoms with van der Waals surface area (Å²) in [5, 5.41) is 17.4. The summed E-state index contributed by atoms with van der Waals surface area (Å²) in [6.45, 7) is 4.33. The van der Waals surface area contributed by atoms with Crippen molar-refractivity contribution >= 4 is 11.9 Å². The zero-order chi connectivity index (χ0) is 18.4. The maximum Gasteiger partial charge on any atom is 0.329 e. The maximum atomic E-state index is 10.6. The molecule has 2 fully saturated rings. The number of ether oxygens (including phenoxy) is 2. The second kappa shape index (κ2) is 8.99. The molecule has 2 N–H and O–H groups in total. The molecule has 0 bridgehead atoms. The van der Waals surface area contributed by atoms with Gasteiger partial charge in [0.1, 0.15) is 13.2 Å². The zero-order valence-electron chi connectivity index (χ0n) is 15.4. The van der Waals surface area contributed by atoms with Crippen LogP contribution in [-0.4, -0.2) is 47.6 Å². The topological polar surface area (TPSA) is 93.1 Å².